The highest BCUT2D eigenvalue weighted by Crippen LogP contribution is 2.48. The molecule has 5 rings (SSSR count). The molecule has 196 valence electrons. The second-order valence-corrected chi connectivity index (χ2v) is 12.7. The zero-order valence-corrected chi connectivity index (χ0v) is 21.7. The first kappa shape index (κ1) is 25.6. The summed E-state index contributed by atoms with van der Waals surface area (Å²) in [6.45, 7) is 0. The van der Waals surface area contributed by atoms with Gasteiger partial charge in [0.2, 0.25) is 10.1 Å². The van der Waals surface area contributed by atoms with Gasteiger partial charge in [-0.25, -0.2) is 14.5 Å². The van der Waals surface area contributed by atoms with E-state index in [1.807, 2.05) is 0 Å². The molecule has 0 aromatic heterocycles. The average Bonchev–Trinajstić information content (AvgIpc) is 3.34. The number of nitrogens with zero attached hydrogens (tertiary/aromatic N) is 1. The fourth-order valence-electron chi connectivity index (χ4n) is 6.16. The number of alkyl halides is 3. The number of halogens is 3. The first-order valence-corrected chi connectivity index (χ1v) is 13.7. The molecule has 12 heteroatoms. The van der Waals surface area contributed by atoms with E-state index in [2.05, 4.69) is 5.32 Å². The second-order valence-electron chi connectivity index (χ2n) is 10.3. The van der Waals surface area contributed by atoms with Gasteiger partial charge in [0.1, 0.15) is 12.2 Å². The van der Waals surface area contributed by atoms with Crippen molar-refractivity contribution in [2.75, 3.05) is 0 Å². The second kappa shape index (κ2) is 10.0. The lowest BCUT2D eigenvalue weighted by Gasteiger charge is -2.39. The first-order valence-electron chi connectivity index (χ1n) is 12.6. The van der Waals surface area contributed by atoms with Crippen molar-refractivity contribution in [1.82, 2.24) is 10.2 Å². The van der Waals surface area contributed by atoms with Crippen LogP contribution in [0.2, 0.25) is 0 Å². The van der Waals surface area contributed by atoms with Gasteiger partial charge in [0.25, 0.3) is 5.91 Å². The van der Waals surface area contributed by atoms with E-state index in [0.717, 1.165) is 64.2 Å². The van der Waals surface area contributed by atoms with Gasteiger partial charge in [0, 0.05) is 24.9 Å². The standard InChI is InChI=1S/C23H31Cl3N2O7/c24-23(25,26)19-32-15-11-22(18(29)28(21(31)35-22)14-9-5-2-6-10-14)12-16(17(15)34-19)33-20(30)27-13-7-3-1-4-8-13/h13-17,19H,1-12H2,(H,27,30)/t15-,16-,17-,19+,22-/m1/s1. The summed E-state index contributed by atoms with van der Waals surface area (Å²) in [4.78, 5) is 40.6. The molecule has 5 atom stereocenters. The van der Waals surface area contributed by atoms with Crippen molar-refractivity contribution in [2.45, 2.75) is 123 Å². The molecule has 2 aliphatic heterocycles. The van der Waals surface area contributed by atoms with Crippen molar-refractivity contribution in [2.24, 2.45) is 0 Å². The lowest BCUT2D eigenvalue weighted by Crippen LogP contribution is -2.57. The largest absolute Gasteiger partial charge is 0.443 e. The third-order valence-corrected chi connectivity index (χ3v) is 8.39. The molecule has 2 heterocycles. The minimum Gasteiger partial charge on any atom is -0.443 e. The Balaban J connectivity index is 1.35. The summed E-state index contributed by atoms with van der Waals surface area (Å²) in [5.74, 6) is -0.421. The maximum absolute atomic E-state index is 13.7. The van der Waals surface area contributed by atoms with Crippen molar-refractivity contribution < 1.29 is 33.3 Å². The van der Waals surface area contributed by atoms with E-state index in [-0.39, 0.29) is 24.9 Å². The van der Waals surface area contributed by atoms with Crippen molar-refractivity contribution in [3.8, 4) is 0 Å². The van der Waals surface area contributed by atoms with E-state index in [4.69, 9.17) is 53.8 Å². The van der Waals surface area contributed by atoms with Crippen LogP contribution in [0.25, 0.3) is 0 Å². The number of amides is 3. The Kier molecular flexibility index (Phi) is 7.36. The summed E-state index contributed by atoms with van der Waals surface area (Å²) < 4.78 is 21.3. The summed E-state index contributed by atoms with van der Waals surface area (Å²) in [7, 11) is 0. The Morgan fingerprint density at radius 3 is 2.29 bits per heavy atom. The molecular formula is C23H31Cl3N2O7. The Morgan fingerprint density at radius 2 is 1.63 bits per heavy atom. The summed E-state index contributed by atoms with van der Waals surface area (Å²) in [5, 5.41) is 2.91. The lowest BCUT2D eigenvalue weighted by atomic mass is 9.78. The summed E-state index contributed by atoms with van der Waals surface area (Å²) in [5.41, 5.74) is -1.52. The third kappa shape index (κ3) is 5.21. The Labute approximate surface area is 219 Å². The topological polar surface area (TPSA) is 103 Å². The third-order valence-electron chi connectivity index (χ3n) is 7.85. The molecule has 9 nitrogen and oxygen atoms in total. The van der Waals surface area contributed by atoms with Crippen LogP contribution in [-0.4, -0.2) is 69.1 Å². The van der Waals surface area contributed by atoms with Crippen LogP contribution < -0.4 is 5.32 Å². The van der Waals surface area contributed by atoms with Gasteiger partial charge >= 0.3 is 12.2 Å². The fourth-order valence-corrected chi connectivity index (χ4v) is 6.47. The van der Waals surface area contributed by atoms with Crippen LogP contribution in [0.1, 0.15) is 77.0 Å². The molecule has 0 unspecified atom stereocenters. The molecule has 0 aromatic carbocycles. The van der Waals surface area contributed by atoms with Crippen LogP contribution in [0, 0.1) is 0 Å². The normalized spacial score (nSPS) is 36.8. The number of alkyl carbamates (subject to hydrolysis) is 1. The molecule has 5 fully saturated rings. The zero-order chi connectivity index (χ0) is 24.8. The molecule has 5 aliphatic rings. The molecule has 1 N–H and O–H groups in total. The van der Waals surface area contributed by atoms with Gasteiger partial charge in [-0.05, 0) is 25.7 Å². The monoisotopic (exact) mass is 552 g/mol. The number of hydrogen-bond acceptors (Lipinski definition) is 7. The van der Waals surface area contributed by atoms with Crippen molar-refractivity contribution >= 4 is 52.9 Å². The molecule has 3 amide bonds. The summed E-state index contributed by atoms with van der Waals surface area (Å²) >= 11 is 18.0. The Hall–Kier alpha value is -1.00. The number of carbonyl (C=O) groups is 3. The van der Waals surface area contributed by atoms with Gasteiger partial charge in [-0.15, -0.1) is 0 Å². The van der Waals surface area contributed by atoms with E-state index < -0.39 is 52.1 Å². The number of imide groups is 1. The van der Waals surface area contributed by atoms with Crippen molar-refractivity contribution in [1.29, 1.82) is 0 Å². The van der Waals surface area contributed by atoms with Gasteiger partial charge in [0.05, 0.1) is 6.10 Å². The van der Waals surface area contributed by atoms with Crippen LogP contribution in [0.15, 0.2) is 0 Å². The number of nitrogens with one attached hydrogen (secondary N) is 1. The molecule has 2 saturated heterocycles. The predicted octanol–water partition coefficient (Wildman–Crippen LogP) is 4.74. The van der Waals surface area contributed by atoms with Crippen molar-refractivity contribution in [3.63, 3.8) is 0 Å². The number of rotatable bonds is 3. The van der Waals surface area contributed by atoms with E-state index >= 15 is 0 Å². The SMILES string of the molecule is O=C(NC1CCCCC1)O[C@@H]1C[C@@]2(C[C@H]3O[C@H](C(Cl)(Cl)Cl)O[C@@H]13)OC(=O)N(C1CCCCC1)C2=O. The number of hydrogen-bond donors (Lipinski definition) is 1. The fraction of sp³-hybridized carbons (Fsp3) is 0.870. The molecule has 0 radical (unpaired) electrons. The van der Waals surface area contributed by atoms with Crippen molar-refractivity contribution in [3.05, 3.63) is 0 Å². The van der Waals surface area contributed by atoms with Crippen LogP contribution in [0.4, 0.5) is 9.59 Å². The van der Waals surface area contributed by atoms with Gasteiger partial charge < -0.3 is 24.3 Å². The van der Waals surface area contributed by atoms with Crippen LogP contribution in [0.3, 0.4) is 0 Å². The lowest BCUT2D eigenvalue weighted by molar-refractivity contribution is -0.152. The van der Waals surface area contributed by atoms with Gasteiger partial charge in [-0.2, -0.15) is 0 Å². The quantitative estimate of drug-likeness (QED) is 0.504. The molecule has 35 heavy (non-hydrogen) atoms. The smallest absolute Gasteiger partial charge is 0.417 e. The molecular weight excluding hydrogens is 523 g/mol. The molecule has 0 bridgehead atoms. The molecule has 1 spiro atoms. The molecule has 0 aromatic rings. The number of fused-ring (bicyclic) bond motifs is 1. The maximum Gasteiger partial charge on any atom is 0.417 e. The first-order chi connectivity index (χ1) is 16.7. The van der Waals surface area contributed by atoms with E-state index in [1.54, 1.807) is 0 Å². The molecule has 3 aliphatic carbocycles. The van der Waals surface area contributed by atoms with E-state index in [9.17, 15) is 14.4 Å². The Morgan fingerprint density at radius 1 is 0.971 bits per heavy atom. The highest BCUT2D eigenvalue weighted by molar-refractivity contribution is 6.67. The van der Waals surface area contributed by atoms with Crippen LogP contribution in [0.5, 0.6) is 0 Å². The van der Waals surface area contributed by atoms with Crippen LogP contribution >= 0.6 is 34.8 Å². The number of ether oxygens (including phenoxy) is 4. The maximum atomic E-state index is 13.7. The highest BCUT2D eigenvalue weighted by Gasteiger charge is 2.65. The van der Waals surface area contributed by atoms with Gasteiger partial charge in [-0.3, -0.25) is 4.79 Å². The Bertz CT molecular complexity index is 843. The summed E-state index contributed by atoms with van der Waals surface area (Å²) in [6.07, 6.45) is 4.54. The van der Waals surface area contributed by atoms with Gasteiger partial charge in [0.15, 0.2) is 5.60 Å². The van der Waals surface area contributed by atoms with E-state index in [0.29, 0.717) is 0 Å². The van der Waals surface area contributed by atoms with E-state index in [1.165, 1.54) is 4.90 Å². The highest BCUT2D eigenvalue weighted by atomic mass is 35.6. The van der Waals surface area contributed by atoms with Crippen LogP contribution in [-0.2, 0) is 23.7 Å². The predicted molar refractivity (Wildman–Crippen MR) is 126 cm³/mol. The molecule has 3 saturated carbocycles. The summed E-state index contributed by atoms with van der Waals surface area (Å²) in [6, 6.07) is -0.156. The average molecular weight is 554 g/mol. The minimum absolute atomic E-state index is 0.0343. The number of carbonyl (C=O) groups excluding carboxylic acids is 3. The minimum atomic E-state index is -1.89. The zero-order valence-electron chi connectivity index (χ0n) is 19.4. The van der Waals surface area contributed by atoms with Gasteiger partial charge in [-0.1, -0.05) is 73.3 Å².